The number of nitrogens with zero attached hydrogens (tertiary/aromatic N) is 2. The monoisotopic (exact) mass is 277 g/mol. The number of ether oxygens (including phenoxy) is 1. The second-order valence-corrected chi connectivity index (χ2v) is 4.47. The molecule has 5 heteroatoms. The van der Waals surface area contributed by atoms with Gasteiger partial charge in [-0.2, -0.15) is 0 Å². The molecule has 0 bridgehead atoms. The highest BCUT2D eigenvalue weighted by Gasteiger charge is 2.07. The van der Waals surface area contributed by atoms with Crippen LogP contribution in [-0.4, -0.2) is 23.6 Å². The third-order valence-electron chi connectivity index (χ3n) is 2.64. The van der Waals surface area contributed by atoms with E-state index >= 15 is 0 Å². The summed E-state index contributed by atoms with van der Waals surface area (Å²) >= 11 is 6.03. The maximum absolute atomic E-state index is 6.03. The molecule has 0 atom stereocenters. The van der Waals surface area contributed by atoms with Crippen molar-refractivity contribution < 1.29 is 4.74 Å². The largest absolute Gasteiger partial charge is 0.495 e. The molecule has 0 radical (unpaired) electrons. The summed E-state index contributed by atoms with van der Waals surface area (Å²) in [6.45, 7) is 4.72. The van der Waals surface area contributed by atoms with E-state index in [-0.39, 0.29) is 0 Å². The molecule has 100 valence electrons. The molecule has 2 aromatic rings. The average molecular weight is 278 g/mol. The van der Waals surface area contributed by atoms with Crippen molar-refractivity contribution in [3.05, 3.63) is 35.1 Å². The summed E-state index contributed by atoms with van der Waals surface area (Å²) in [5, 5.41) is 3.78. The van der Waals surface area contributed by atoms with E-state index in [1.165, 1.54) is 0 Å². The molecule has 2 rings (SSSR count). The van der Waals surface area contributed by atoms with Crippen LogP contribution in [-0.2, 0) is 0 Å². The Balaban J connectivity index is 2.46. The van der Waals surface area contributed by atoms with Gasteiger partial charge in [0.15, 0.2) is 0 Å². The van der Waals surface area contributed by atoms with Crippen LogP contribution in [0.2, 0.25) is 5.02 Å². The highest BCUT2D eigenvalue weighted by molar-refractivity contribution is 6.32. The highest BCUT2D eigenvalue weighted by Crippen LogP contribution is 2.30. The van der Waals surface area contributed by atoms with Gasteiger partial charge in [-0.05, 0) is 26.0 Å². The summed E-state index contributed by atoms with van der Waals surface area (Å²) in [6.07, 6.45) is 0. The molecule has 19 heavy (non-hydrogen) atoms. The molecule has 0 unspecified atom stereocenters. The van der Waals surface area contributed by atoms with Crippen LogP contribution in [0.1, 0.15) is 12.7 Å². The lowest BCUT2D eigenvalue weighted by Gasteiger charge is -2.09. The Hall–Kier alpha value is -1.81. The van der Waals surface area contributed by atoms with Crippen LogP contribution < -0.4 is 10.1 Å². The number of hydrogen-bond acceptors (Lipinski definition) is 4. The lowest BCUT2D eigenvalue weighted by molar-refractivity contribution is 0.415. The van der Waals surface area contributed by atoms with Gasteiger partial charge in [0.05, 0.1) is 17.8 Å². The van der Waals surface area contributed by atoms with Crippen molar-refractivity contribution in [2.24, 2.45) is 0 Å². The fourth-order valence-electron chi connectivity index (χ4n) is 1.81. The van der Waals surface area contributed by atoms with E-state index in [1.54, 1.807) is 13.2 Å². The number of rotatable bonds is 4. The molecule has 0 saturated heterocycles. The predicted molar refractivity (Wildman–Crippen MR) is 77.9 cm³/mol. The minimum atomic E-state index is 0.587. The van der Waals surface area contributed by atoms with Gasteiger partial charge in [-0.15, -0.1) is 0 Å². The summed E-state index contributed by atoms with van der Waals surface area (Å²) < 4.78 is 5.22. The van der Waals surface area contributed by atoms with Crippen molar-refractivity contribution in [1.82, 2.24) is 9.97 Å². The Morgan fingerprint density at radius 2 is 2.05 bits per heavy atom. The number of aromatic nitrogens is 2. The quantitative estimate of drug-likeness (QED) is 0.928. The molecule has 0 amide bonds. The van der Waals surface area contributed by atoms with E-state index in [4.69, 9.17) is 16.3 Å². The Morgan fingerprint density at radius 1 is 1.26 bits per heavy atom. The summed E-state index contributed by atoms with van der Waals surface area (Å²) in [7, 11) is 1.60. The van der Waals surface area contributed by atoms with Crippen molar-refractivity contribution in [2.75, 3.05) is 19.0 Å². The topological polar surface area (TPSA) is 47.0 Å². The second kappa shape index (κ2) is 5.89. The van der Waals surface area contributed by atoms with Gasteiger partial charge < -0.3 is 10.1 Å². The van der Waals surface area contributed by atoms with Gasteiger partial charge in [-0.25, -0.2) is 9.97 Å². The number of halogens is 1. The number of anilines is 1. The lowest BCUT2D eigenvalue weighted by atomic mass is 10.1. The molecule has 0 spiro atoms. The third kappa shape index (κ3) is 3.15. The zero-order valence-electron chi connectivity index (χ0n) is 11.2. The van der Waals surface area contributed by atoms with Crippen LogP contribution in [0.5, 0.6) is 5.75 Å². The Bertz CT molecular complexity index is 587. The lowest BCUT2D eigenvalue weighted by Crippen LogP contribution is -2.02. The number of nitrogens with one attached hydrogen (secondary N) is 1. The van der Waals surface area contributed by atoms with Gasteiger partial charge in [0.2, 0.25) is 0 Å². The average Bonchev–Trinajstić information content (AvgIpc) is 2.39. The van der Waals surface area contributed by atoms with Gasteiger partial charge in [-0.3, -0.25) is 0 Å². The maximum atomic E-state index is 6.03. The third-order valence-corrected chi connectivity index (χ3v) is 2.95. The first-order chi connectivity index (χ1) is 9.13. The van der Waals surface area contributed by atoms with Gasteiger partial charge in [0.1, 0.15) is 17.4 Å². The van der Waals surface area contributed by atoms with Crippen LogP contribution in [0.25, 0.3) is 11.3 Å². The predicted octanol–water partition coefficient (Wildman–Crippen LogP) is 3.55. The van der Waals surface area contributed by atoms with Crippen molar-refractivity contribution in [3.63, 3.8) is 0 Å². The van der Waals surface area contributed by atoms with Crippen molar-refractivity contribution in [1.29, 1.82) is 0 Å². The van der Waals surface area contributed by atoms with Gasteiger partial charge in [0, 0.05) is 18.2 Å². The first-order valence-corrected chi connectivity index (χ1v) is 6.45. The minimum Gasteiger partial charge on any atom is -0.495 e. The second-order valence-electron chi connectivity index (χ2n) is 4.07. The Kier molecular flexibility index (Phi) is 4.22. The number of benzene rings is 1. The van der Waals surface area contributed by atoms with Crippen LogP contribution in [0.4, 0.5) is 5.82 Å². The SMILES string of the molecule is CCNc1cc(-c2ccc(Cl)c(OC)c2)nc(C)n1. The van der Waals surface area contributed by atoms with Gasteiger partial charge in [-0.1, -0.05) is 17.7 Å². The van der Waals surface area contributed by atoms with Crippen LogP contribution in [0, 0.1) is 6.92 Å². The number of hydrogen-bond donors (Lipinski definition) is 1. The van der Waals surface area contributed by atoms with Gasteiger partial charge >= 0.3 is 0 Å². The smallest absolute Gasteiger partial charge is 0.138 e. The van der Waals surface area contributed by atoms with Crippen molar-refractivity contribution in [2.45, 2.75) is 13.8 Å². The minimum absolute atomic E-state index is 0.587. The highest BCUT2D eigenvalue weighted by atomic mass is 35.5. The maximum Gasteiger partial charge on any atom is 0.138 e. The summed E-state index contributed by atoms with van der Waals surface area (Å²) in [5.74, 6) is 2.18. The molecule has 0 aliphatic heterocycles. The standard InChI is InChI=1S/C14H16ClN3O/c1-4-16-14-8-12(17-9(2)18-14)10-5-6-11(15)13(7-10)19-3/h5-8H,4H2,1-3H3,(H,16,17,18). The van der Waals surface area contributed by atoms with E-state index in [0.29, 0.717) is 10.8 Å². The molecular formula is C14H16ClN3O. The van der Waals surface area contributed by atoms with Crippen LogP contribution in [0.3, 0.4) is 0 Å². The van der Waals surface area contributed by atoms with E-state index in [9.17, 15) is 0 Å². The summed E-state index contributed by atoms with van der Waals surface area (Å²) in [4.78, 5) is 8.77. The van der Waals surface area contributed by atoms with Crippen LogP contribution >= 0.6 is 11.6 Å². The Labute approximate surface area is 117 Å². The van der Waals surface area contributed by atoms with E-state index < -0.39 is 0 Å². The fraction of sp³-hybridized carbons (Fsp3) is 0.286. The molecular weight excluding hydrogens is 262 g/mol. The van der Waals surface area contributed by atoms with Crippen molar-refractivity contribution in [3.8, 4) is 17.0 Å². The molecule has 0 aliphatic carbocycles. The number of aryl methyl sites for hydroxylation is 1. The molecule has 0 fully saturated rings. The van der Waals surface area contributed by atoms with Crippen LogP contribution in [0.15, 0.2) is 24.3 Å². The zero-order valence-corrected chi connectivity index (χ0v) is 12.0. The molecule has 1 aromatic heterocycles. The normalized spacial score (nSPS) is 10.3. The molecule has 1 aromatic carbocycles. The number of methoxy groups -OCH3 is 1. The molecule has 0 saturated carbocycles. The zero-order chi connectivity index (χ0) is 13.8. The summed E-state index contributed by atoms with van der Waals surface area (Å²) in [5.41, 5.74) is 1.80. The van der Waals surface area contributed by atoms with E-state index in [2.05, 4.69) is 15.3 Å². The van der Waals surface area contributed by atoms with Gasteiger partial charge in [0.25, 0.3) is 0 Å². The van der Waals surface area contributed by atoms with E-state index in [1.807, 2.05) is 32.0 Å². The molecule has 1 N–H and O–H groups in total. The fourth-order valence-corrected chi connectivity index (χ4v) is 2.00. The van der Waals surface area contributed by atoms with E-state index in [0.717, 1.165) is 29.4 Å². The first-order valence-electron chi connectivity index (χ1n) is 6.07. The Morgan fingerprint density at radius 3 is 2.74 bits per heavy atom. The molecule has 1 heterocycles. The molecule has 0 aliphatic rings. The van der Waals surface area contributed by atoms with Crippen molar-refractivity contribution >= 4 is 17.4 Å². The summed E-state index contributed by atoms with van der Waals surface area (Å²) in [6, 6.07) is 7.52. The molecule has 4 nitrogen and oxygen atoms in total. The first kappa shape index (κ1) is 13.6.